The van der Waals surface area contributed by atoms with Gasteiger partial charge in [-0.15, -0.1) is 0 Å². The lowest BCUT2D eigenvalue weighted by molar-refractivity contribution is -0.130. The molecule has 0 saturated heterocycles. The van der Waals surface area contributed by atoms with Crippen molar-refractivity contribution in [2.75, 3.05) is 7.11 Å². The summed E-state index contributed by atoms with van der Waals surface area (Å²) in [5.41, 5.74) is 1.42. The average Bonchev–Trinajstić information content (AvgIpc) is 3.04. The third-order valence-electron chi connectivity index (χ3n) is 3.72. The van der Waals surface area contributed by atoms with Gasteiger partial charge in [0.25, 0.3) is 0 Å². The molecular weight excluding hydrogens is 382 g/mol. The Morgan fingerprint density at radius 2 is 1.89 bits per heavy atom. The molecule has 0 bridgehead atoms. The largest absolute Gasteiger partial charge is 0.493 e. The summed E-state index contributed by atoms with van der Waals surface area (Å²) in [4.78, 5) is 28.0. The number of carbonyl (C=O) groups is 2. The molecule has 0 saturated carbocycles. The maximum atomic E-state index is 12.1. The lowest BCUT2D eigenvalue weighted by Crippen LogP contribution is -2.05. The number of esters is 2. The first-order chi connectivity index (χ1) is 13.5. The van der Waals surface area contributed by atoms with Crippen LogP contribution in [0.25, 0.3) is 6.08 Å². The number of benzene rings is 2. The van der Waals surface area contributed by atoms with Gasteiger partial charge in [-0.05, 0) is 55.0 Å². The Morgan fingerprint density at radius 1 is 1.14 bits per heavy atom. The van der Waals surface area contributed by atoms with Gasteiger partial charge in [-0.1, -0.05) is 23.7 Å². The Labute approximate surface area is 166 Å². The zero-order valence-corrected chi connectivity index (χ0v) is 15.9. The van der Waals surface area contributed by atoms with Gasteiger partial charge in [-0.3, -0.25) is 0 Å². The predicted octanol–water partition coefficient (Wildman–Crippen LogP) is 4.17. The van der Waals surface area contributed by atoms with Gasteiger partial charge in [0.05, 0.1) is 7.11 Å². The molecule has 2 aromatic carbocycles. The molecule has 0 N–H and O–H groups in total. The smallest absolute Gasteiger partial charge is 0.363 e. The van der Waals surface area contributed by atoms with Gasteiger partial charge in [-0.2, -0.15) is 0 Å². The maximum absolute atomic E-state index is 12.1. The van der Waals surface area contributed by atoms with Crippen molar-refractivity contribution < 1.29 is 23.8 Å². The minimum atomic E-state index is -0.562. The van der Waals surface area contributed by atoms with Crippen molar-refractivity contribution >= 4 is 35.5 Å². The summed E-state index contributed by atoms with van der Waals surface area (Å²) in [5.74, 6) is -0.250. The van der Waals surface area contributed by atoms with E-state index in [2.05, 4.69) is 4.99 Å². The molecule has 0 fully saturated rings. The highest BCUT2D eigenvalue weighted by Gasteiger charge is 2.24. The van der Waals surface area contributed by atoms with Crippen molar-refractivity contribution in [2.24, 2.45) is 4.99 Å². The van der Waals surface area contributed by atoms with E-state index in [4.69, 9.17) is 25.8 Å². The molecule has 1 aliphatic heterocycles. The van der Waals surface area contributed by atoms with E-state index in [0.717, 1.165) is 0 Å². The second-order valence-electron chi connectivity index (χ2n) is 5.67. The molecule has 3 rings (SSSR count). The highest BCUT2D eigenvalue weighted by molar-refractivity contribution is 6.30. The van der Waals surface area contributed by atoms with Gasteiger partial charge < -0.3 is 14.2 Å². The summed E-state index contributed by atoms with van der Waals surface area (Å²) in [6, 6.07) is 11.7. The lowest BCUT2D eigenvalue weighted by atomic mass is 10.1. The molecule has 7 heteroatoms. The number of nitrogens with zero attached hydrogens (tertiary/aromatic N) is 1. The zero-order chi connectivity index (χ0) is 20.1. The van der Waals surface area contributed by atoms with Crippen LogP contribution in [0.4, 0.5) is 0 Å². The number of allylic oxidation sites excluding steroid dienone is 1. The number of methoxy groups -OCH3 is 1. The summed E-state index contributed by atoms with van der Waals surface area (Å²) in [6.07, 6.45) is 4.44. The van der Waals surface area contributed by atoms with Gasteiger partial charge in [0.1, 0.15) is 0 Å². The predicted molar refractivity (Wildman–Crippen MR) is 106 cm³/mol. The molecule has 142 valence electrons. The fraction of sp³-hybridized carbons (Fsp3) is 0.0952. The monoisotopic (exact) mass is 397 g/mol. The van der Waals surface area contributed by atoms with E-state index >= 15 is 0 Å². The molecule has 0 aliphatic carbocycles. The maximum Gasteiger partial charge on any atom is 0.363 e. The van der Waals surface area contributed by atoms with E-state index in [-0.39, 0.29) is 17.3 Å². The van der Waals surface area contributed by atoms with Gasteiger partial charge in [0, 0.05) is 16.7 Å². The summed E-state index contributed by atoms with van der Waals surface area (Å²) in [5, 5.41) is 0.576. The van der Waals surface area contributed by atoms with E-state index in [0.29, 0.717) is 21.9 Å². The van der Waals surface area contributed by atoms with Crippen LogP contribution in [0.1, 0.15) is 18.1 Å². The fourth-order valence-corrected chi connectivity index (χ4v) is 2.55. The normalized spacial score (nSPS) is 14.9. The summed E-state index contributed by atoms with van der Waals surface area (Å²) in [6.45, 7) is 1.72. The van der Waals surface area contributed by atoms with Crippen LogP contribution in [-0.2, 0) is 14.3 Å². The molecule has 6 nitrogen and oxygen atoms in total. The highest BCUT2D eigenvalue weighted by atomic mass is 35.5. The topological polar surface area (TPSA) is 74.2 Å². The van der Waals surface area contributed by atoms with Crippen LogP contribution in [0.5, 0.6) is 11.5 Å². The van der Waals surface area contributed by atoms with E-state index in [1.165, 1.54) is 13.2 Å². The SMILES string of the molecule is CC=CC(=O)Oc1ccc(C=C2N=C(c3ccc(Cl)cc3)OC2=O)cc1OC. The number of carbonyl (C=O) groups excluding carboxylic acids is 2. The van der Waals surface area contributed by atoms with E-state index in [9.17, 15) is 9.59 Å². The number of ether oxygens (including phenoxy) is 3. The van der Waals surface area contributed by atoms with Crippen LogP contribution in [0.2, 0.25) is 5.02 Å². The van der Waals surface area contributed by atoms with Crippen LogP contribution in [0, 0.1) is 0 Å². The first kappa shape index (κ1) is 19.4. The van der Waals surface area contributed by atoms with Crippen molar-refractivity contribution in [3.05, 3.63) is 76.5 Å². The van der Waals surface area contributed by atoms with E-state index < -0.39 is 11.9 Å². The minimum Gasteiger partial charge on any atom is -0.493 e. The van der Waals surface area contributed by atoms with Crippen molar-refractivity contribution in [3.8, 4) is 11.5 Å². The highest BCUT2D eigenvalue weighted by Crippen LogP contribution is 2.30. The first-order valence-electron chi connectivity index (χ1n) is 8.31. The molecular formula is C21H16ClNO5. The van der Waals surface area contributed by atoms with Gasteiger partial charge in [0.2, 0.25) is 5.90 Å². The van der Waals surface area contributed by atoms with Crippen LogP contribution >= 0.6 is 11.6 Å². The molecule has 2 aromatic rings. The number of halogens is 1. The van der Waals surface area contributed by atoms with Crippen molar-refractivity contribution in [1.29, 1.82) is 0 Å². The Morgan fingerprint density at radius 3 is 2.57 bits per heavy atom. The summed E-state index contributed by atoms with van der Waals surface area (Å²) >= 11 is 5.87. The summed E-state index contributed by atoms with van der Waals surface area (Å²) in [7, 11) is 1.46. The van der Waals surface area contributed by atoms with Crippen molar-refractivity contribution in [2.45, 2.75) is 6.92 Å². The van der Waals surface area contributed by atoms with Gasteiger partial charge >= 0.3 is 11.9 Å². The number of rotatable bonds is 5. The van der Waals surface area contributed by atoms with E-state index in [1.807, 2.05) is 0 Å². The Balaban J connectivity index is 1.87. The third-order valence-corrected chi connectivity index (χ3v) is 3.97. The molecule has 0 spiro atoms. The molecule has 28 heavy (non-hydrogen) atoms. The van der Waals surface area contributed by atoms with Crippen LogP contribution in [-0.4, -0.2) is 24.9 Å². The van der Waals surface area contributed by atoms with Crippen molar-refractivity contribution in [1.82, 2.24) is 0 Å². The zero-order valence-electron chi connectivity index (χ0n) is 15.1. The van der Waals surface area contributed by atoms with Crippen LogP contribution in [0.15, 0.2) is 65.3 Å². The minimum absolute atomic E-state index is 0.144. The Kier molecular flexibility index (Phi) is 5.91. The molecule has 1 aliphatic rings. The van der Waals surface area contributed by atoms with Gasteiger partial charge in [0.15, 0.2) is 17.2 Å². The molecule has 0 unspecified atom stereocenters. The molecule has 1 heterocycles. The molecule has 0 amide bonds. The number of aliphatic imine (C=N–C) groups is 1. The first-order valence-corrected chi connectivity index (χ1v) is 8.69. The standard InChI is InChI=1S/C21H16ClNO5/c1-3-4-19(24)27-17-10-5-13(12-18(17)26-2)11-16-21(25)28-20(23-16)14-6-8-15(22)9-7-14/h3-12H,1-2H3. The number of hydrogen-bond donors (Lipinski definition) is 0. The summed E-state index contributed by atoms with van der Waals surface area (Å²) < 4.78 is 15.7. The number of hydrogen-bond acceptors (Lipinski definition) is 6. The van der Waals surface area contributed by atoms with Crippen LogP contribution < -0.4 is 9.47 Å². The van der Waals surface area contributed by atoms with E-state index in [1.54, 1.807) is 61.5 Å². The second kappa shape index (κ2) is 8.54. The molecule has 0 atom stereocenters. The Bertz CT molecular complexity index is 1010. The second-order valence-corrected chi connectivity index (χ2v) is 6.11. The molecule has 0 aromatic heterocycles. The third kappa shape index (κ3) is 4.47. The molecule has 0 radical (unpaired) electrons. The van der Waals surface area contributed by atoms with Crippen molar-refractivity contribution in [3.63, 3.8) is 0 Å². The van der Waals surface area contributed by atoms with Gasteiger partial charge in [-0.25, -0.2) is 14.6 Å². The quantitative estimate of drug-likeness (QED) is 0.430. The fourth-order valence-electron chi connectivity index (χ4n) is 2.42. The number of cyclic esters (lactones) is 1. The average molecular weight is 398 g/mol. The Hall–Kier alpha value is -3.38. The van der Waals surface area contributed by atoms with Crippen LogP contribution in [0.3, 0.4) is 0 Å². The lowest BCUT2D eigenvalue weighted by Gasteiger charge is -2.08.